The van der Waals surface area contributed by atoms with E-state index in [1.807, 2.05) is 115 Å². The molecule has 4 nitrogen and oxygen atoms in total. The highest BCUT2D eigenvalue weighted by atomic mass is 79.9. The first kappa shape index (κ1) is 25.5. The van der Waals surface area contributed by atoms with Gasteiger partial charge in [0.15, 0.2) is 11.5 Å². The number of nitrogens with zero attached hydrogens (tertiary/aromatic N) is 2. The van der Waals surface area contributed by atoms with E-state index in [0.29, 0.717) is 35.3 Å². The third-order valence-electron chi connectivity index (χ3n) is 5.73. The van der Waals surface area contributed by atoms with Gasteiger partial charge in [-0.25, -0.2) is 4.98 Å². The Morgan fingerprint density at radius 2 is 1.50 bits per heavy atom. The number of thiazole rings is 1. The molecule has 4 aromatic carbocycles. The van der Waals surface area contributed by atoms with Crippen LogP contribution in [0, 0.1) is 11.3 Å². The molecule has 0 spiro atoms. The maximum atomic E-state index is 9.94. The minimum absolute atomic E-state index is 0.406. The smallest absolute Gasteiger partial charge is 0.162 e. The molecule has 1 aromatic heterocycles. The van der Waals surface area contributed by atoms with Crippen molar-refractivity contribution in [2.24, 2.45) is 0 Å². The van der Waals surface area contributed by atoms with Crippen molar-refractivity contribution in [1.29, 1.82) is 5.26 Å². The highest BCUT2D eigenvalue weighted by Gasteiger charge is 2.12. The van der Waals surface area contributed by atoms with Gasteiger partial charge >= 0.3 is 0 Å². The number of hydrogen-bond donors (Lipinski definition) is 0. The molecule has 0 aliphatic carbocycles. The first-order chi connectivity index (χ1) is 18.7. The summed E-state index contributed by atoms with van der Waals surface area (Å²) in [5, 5.41) is 12.6. The molecule has 5 aromatic rings. The molecule has 38 heavy (non-hydrogen) atoms. The van der Waals surface area contributed by atoms with Gasteiger partial charge in [0.2, 0.25) is 0 Å². The van der Waals surface area contributed by atoms with Crippen molar-refractivity contribution < 1.29 is 9.47 Å². The van der Waals surface area contributed by atoms with E-state index in [4.69, 9.17) is 14.5 Å². The lowest BCUT2D eigenvalue weighted by atomic mass is 10.1. The maximum Gasteiger partial charge on any atom is 0.162 e. The molecule has 0 saturated carbocycles. The number of ether oxygens (including phenoxy) is 2. The van der Waals surface area contributed by atoms with E-state index in [2.05, 4.69) is 22.0 Å². The van der Waals surface area contributed by atoms with Crippen LogP contribution in [-0.4, -0.2) is 4.98 Å². The number of allylic oxidation sites excluding steroid dienone is 1. The van der Waals surface area contributed by atoms with Crippen LogP contribution in [-0.2, 0) is 13.2 Å². The summed E-state index contributed by atoms with van der Waals surface area (Å²) in [6, 6.07) is 36.0. The Balaban J connectivity index is 1.41. The summed E-state index contributed by atoms with van der Waals surface area (Å²) in [4.78, 5) is 4.72. The van der Waals surface area contributed by atoms with Gasteiger partial charge in [0.05, 0.1) is 11.3 Å². The second-order valence-electron chi connectivity index (χ2n) is 8.47. The van der Waals surface area contributed by atoms with Gasteiger partial charge in [0.1, 0.15) is 24.3 Å². The van der Waals surface area contributed by atoms with Crippen LogP contribution in [0.4, 0.5) is 0 Å². The van der Waals surface area contributed by atoms with Crippen LogP contribution in [0.5, 0.6) is 11.5 Å². The van der Waals surface area contributed by atoms with Gasteiger partial charge in [-0.05, 0) is 47.0 Å². The lowest BCUT2D eigenvalue weighted by Crippen LogP contribution is -2.01. The quantitative estimate of drug-likeness (QED) is 0.164. The highest BCUT2D eigenvalue weighted by Crippen LogP contribution is 2.33. The van der Waals surface area contributed by atoms with Gasteiger partial charge in [-0.2, -0.15) is 5.26 Å². The molecule has 186 valence electrons. The molecule has 0 radical (unpaired) electrons. The first-order valence-corrected chi connectivity index (χ1v) is 13.7. The Bertz CT molecular complexity index is 1590. The largest absolute Gasteiger partial charge is 0.485 e. The molecular formula is C32H23BrN2O2S. The van der Waals surface area contributed by atoms with Gasteiger partial charge in [0.25, 0.3) is 0 Å². The molecule has 0 fully saturated rings. The van der Waals surface area contributed by atoms with E-state index < -0.39 is 0 Å². The zero-order chi connectivity index (χ0) is 26.2. The summed E-state index contributed by atoms with van der Waals surface area (Å²) in [5.74, 6) is 1.26. The number of nitriles is 1. The Hall–Kier alpha value is -4.18. The van der Waals surface area contributed by atoms with Crippen molar-refractivity contribution in [3.05, 3.63) is 135 Å². The van der Waals surface area contributed by atoms with Crippen LogP contribution >= 0.6 is 27.3 Å². The molecule has 0 atom stereocenters. The van der Waals surface area contributed by atoms with Gasteiger partial charge in [-0.1, -0.05) is 94.8 Å². The molecule has 0 amide bonds. The van der Waals surface area contributed by atoms with Crippen molar-refractivity contribution in [3.63, 3.8) is 0 Å². The van der Waals surface area contributed by atoms with E-state index in [-0.39, 0.29) is 0 Å². The molecule has 0 N–H and O–H groups in total. The fourth-order valence-corrected chi connectivity index (χ4v) is 5.00. The van der Waals surface area contributed by atoms with Crippen LogP contribution in [0.1, 0.15) is 21.7 Å². The minimum atomic E-state index is 0.406. The second kappa shape index (κ2) is 12.4. The van der Waals surface area contributed by atoms with Crippen molar-refractivity contribution in [2.75, 3.05) is 0 Å². The summed E-state index contributed by atoms with van der Waals surface area (Å²) < 4.78 is 13.3. The third kappa shape index (κ3) is 6.57. The Labute approximate surface area is 234 Å². The summed E-state index contributed by atoms with van der Waals surface area (Å²) in [6.07, 6.45) is 1.83. The van der Waals surface area contributed by atoms with Crippen LogP contribution in [0.25, 0.3) is 22.9 Å². The number of halogens is 1. The average molecular weight is 580 g/mol. The van der Waals surface area contributed by atoms with Gasteiger partial charge in [-0.3, -0.25) is 0 Å². The Morgan fingerprint density at radius 1 is 0.816 bits per heavy atom. The van der Waals surface area contributed by atoms with Gasteiger partial charge < -0.3 is 9.47 Å². The van der Waals surface area contributed by atoms with E-state index >= 15 is 0 Å². The summed E-state index contributed by atoms with van der Waals surface area (Å²) in [7, 11) is 0. The predicted octanol–water partition coefficient (Wildman–Crippen LogP) is 8.79. The molecule has 0 unspecified atom stereocenters. The molecular weight excluding hydrogens is 556 g/mol. The number of hydrogen-bond acceptors (Lipinski definition) is 5. The van der Waals surface area contributed by atoms with Crippen LogP contribution in [0.15, 0.2) is 113 Å². The van der Waals surface area contributed by atoms with Crippen LogP contribution < -0.4 is 9.47 Å². The summed E-state index contributed by atoms with van der Waals surface area (Å²) in [6.45, 7) is 0.835. The fourth-order valence-electron chi connectivity index (χ4n) is 3.80. The van der Waals surface area contributed by atoms with Crippen LogP contribution in [0.3, 0.4) is 0 Å². The maximum absolute atomic E-state index is 9.94. The Kier molecular flexibility index (Phi) is 8.29. The predicted molar refractivity (Wildman–Crippen MR) is 157 cm³/mol. The number of rotatable bonds is 9. The molecule has 6 heteroatoms. The first-order valence-electron chi connectivity index (χ1n) is 12.0. The van der Waals surface area contributed by atoms with Gasteiger partial charge in [-0.15, -0.1) is 11.3 Å². The van der Waals surface area contributed by atoms with Crippen LogP contribution in [0.2, 0.25) is 0 Å². The standard InChI is InChI=1S/C32H23BrN2O2S/c33-28-13-7-12-26(18-28)29-22-38-32(35-29)27(19-34)16-25-14-15-30(36-20-23-8-3-1-4-9-23)31(17-25)37-21-24-10-5-2-6-11-24/h1-18,22H,20-21H2/b27-16+. The molecule has 1 heterocycles. The zero-order valence-electron chi connectivity index (χ0n) is 20.4. The topological polar surface area (TPSA) is 55.1 Å². The lowest BCUT2D eigenvalue weighted by molar-refractivity contribution is 0.256. The fraction of sp³-hybridized carbons (Fsp3) is 0.0625. The molecule has 0 saturated heterocycles. The SMILES string of the molecule is N#C/C(=C\c1ccc(OCc2ccccc2)c(OCc2ccccc2)c1)c1nc(-c2cccc(Br)c2)cs1. The van der Waals surface area contributed by atoms with Crippen molar-refractivity contribution >= 4 is 38.9 Å². The molecule has 5 rings (SSSR count). The summed E-state index contributed by atoms with van der Waals surface area (Å²) in [5.41, 5.74) is 5.28. The van der Waals surface area contributed by atoms with Crippen molar-refractivity contribution in [3.8, 4) is 28.8 Å². The third-order valence-corrected chi connectivity index (χ3v) is 7.10. The molecule has 0 bridgehead atoms. The van der Waals surface area contributed by atoms with E-state index in [9.17, 15) is 5.26 Å². The number of benzene rings is 4. The van der Waals surface area contributed by atoms with Crippen molar-refractivity contribution in [2.45, 2.75) is 13.2 Å². The minimum Gasteiger partial charge on any atom is -0.485 e. The summed E-state index contributed by atoms with van der Waals surface area (Å²) >= 11 is 4.96. The van der Waals surface area contributed by atoms with E-state index in [1.165, 1.54) is 11.3 Å². The van der Waals surface area contributed by atoms with E-state index in [0.717, 1.165) is 32.4 Å². The normalized spacial score (nSPS) is 11.1. The molecule has 0 aliphatic rings. The average Bonchev–Trinajstić information content (AvgIpc) is 3.46. The van der Waals surface area contributed by atoms with Gasteiger partial charge in [0, 0.05) is 15.4 Å². The highest BCUT2D eigenvalue weighted by molar-refractivity contribution is 9.10. The zero-order valence-corrected chi connectivity index (χ0v) is 22.8. The molecule has 0 aliphatic heterocycles. The number of aromatic nitrogens is 1. The Morgan fingerprint density at radius 3 is 2.16 bits per heavy atom. The van der Waals surface area contributed by atoms with E-state index in [1.54, 1.807) is 0 Å². The van der Waals surface area contributed by atoms with Crippen molar-refractivity contribution in [1.82, 2.24) is 4.98 Å². The second-order valence-corrected chi connectivity index (χ2v) is 10.2. The monoisotopic (exact) mass is 578 g/mol. The lowest BCUT2D eigenvalue weighted by Gasteiger charge is -2.14.